The van der Waals surface area contributed by atoms with Crippen LogP contribution in [-0.2, 0) is 25.7 Å². The smallest absolute Gasteiger partial charge is 0.496 e. The SMILES string of the molecule is COc1ccc(C#N)cc1C1=CCC(c2[nH]c(=O)[nH]c(=O)c2Cc2ccccc2)CC1.Cc1cccc(C2=CCC(c3[nH]c(=O)[nH]c(=O)c3Cc3ccccc3)CC2)c1C.Cc1ccccc1C1=CCC(c2[nH]c(=O)[nH]c(=O)c2Cc2ccccc2)CC1.O=c1[nH]c(C2CC=C(c3ccccc3OC(F)(F)F)CC2)c(Cc2ccccc2)c(=O)[nH]1. The van der Waals surface area contributed by atoms with E-state index in [1.807, 2.05) is 140 Å². The van der Waals surface area contributed by atoms with Crippen LogP contribution in [0, 0.1) is 32.1 Å². The van der Waals surface area contributed by atoms with Crippen LogP contribution in [0.4, 0.5) is 13.2 Å². The topological polar surface area (TPSA) is 305 Å². The maximum Gasteiger partial charge on any atom is 0.573 e. The Kier molecular flexibility index (Phi) is 27.4. The standard InChI is InChI=1S/C25H23N3O3.C25H26N2O2.C24H21F3N2O3.C24H24N2O2/c1-31-22-12-7-17(15-26)14-20(22)18-8-10-19(11-9-18)23-21(24(29)28-25(30)27-23)13-16-5-3-2-4-6-16;1-16-7-6-10-21(17(16)2)19-11-13-20(14-12-19)23-22(24(28)27-25(29)26-23)15-18-8-4-3-5-9-18;25-24(26,27)32-20-9-5-4-8-18(20)16-10-12-17(13-11-16)21-19(22(30)29-23(31)28-21)14-15-6-2-1-3-7-15;1-16-7-5-6-10-20(16)18-11-13-19(14-12-18)22-21(23(27)26-24(28)25-22)15-17-8-3-2-4-9-17/h2-8,12,14,19H,9-11,13H2,1H3,(H2,27,28,29,30);3-11,20H,12-15H2,1-2H3,(H2,26,27,28,29);1-10,17H,11-14H2,(H2,28,29,30,31);2-11,19H,12-15H2,1H3,(H2,25,26,27,28). The number of nitrogens with zero attached hydrogens (tertiary/aromatic N) is 1. The van der Waals surface area contributed by atoms with Gasteiger partial charge in [0, 0.05) is 106 Å². The summed E-state index contributed by atoms with van der Waals surface area (Å²) in [4.78, 5) is 119. The second-order valence-corrected chi connectivity index (χ2v) is 30.8. The minimum Gasteiger partial charge on any atom is -0.496 e. The van der Waals surface area contributed by atoms with Crippen molar-refractivity contribution in [3.63, 3.8) is 0 Å². The van der Waals surface area contributed by atoms with Crippen LogP contribution in [-0.4, -0.2) is 53.3 Å². The molecule has 19 nitrogen and oxygen atoms in total. The molecular weight excluding hydrogens is 1520 g/mol. The average Bonchev–Trinajstić information content (AvgIpc) is 0.805. The van der Waals surface area contributed by atoms with Crippen LogP contribution in [0.15, 0.2) is 269 Å². The molecule has 0 saturated heterocycles. The van der Waals surface area contributed by atoms with Crippen molar-refractivity contribution in [2.24, 2.45) is 0 Å². The van der Waals surface area contributed by atoms with Gasteiger partial charge >= 0.3 is 29.1 Å². The van der Waals surface area contributed by atoms with Crippen molar-refractivity contribution in [2.45, 2.75) is 154 Å². The number of para-hydroxylation sites is 1. The van der Waals surface area contributed by atoms with Gasteiger partial charge in [-0.2, -0.15) is 5.26 Å². The Morgan fingerprint density at radius 1 is 0.358 bits per heavy atom. The van der Waals surface area contributed by atoms with Crippen LogP contribution in [0.5, 0.6) is 11.5 Å². The molecule has 0 spiro atoms. The van der Waals surface area contributed by atoms with Crippen molar-refractivity contribution in [3.8, 4) is 17.6 Å². The molecule has 4 aromatic heterocycles. The zero-order valence-electron chi connectivity index (χ0n) is 67.2. The summed E-state index contributed by atoms with van der Waals surface area (Å²) in [6.07, 6.45) is 14.8. The number of methoxy groups -OCH3 is 1. The molecule has 8 N–H and O–H groups in total. The molecule has 120 heavy (non-hydrogen) atoms. The molecule has 4 heterocycles. The van der Waals surface area contributed by atoms with Gasteiger partial charge in [-0.25, -0.2) is 19.2 Å². The largest absolute Gasteiger partial charge is 0.573 e. The number of hydrogen-bond acceptors (Lipinski definition) is 11. The molecule has 4 aliphatic rings. The number of rotatable bonds is 18. The first kappa shape index (κ1) is 84.2. The summed E-state index contributed by atoms with van der Waals surface area (Å²) in [6, 6.07) is 67.5. The maximum atomic E-state index is 12.8. The van der Waals surface area contributed by atoms with Gasteiger partial charge in [-0.3, -0.25) is 39.1 Å². The third-order valence-electron chi connectivity index (χ3n) is 23.0. The highest BCUT2D eigenvalue weighted by molar-refractivity contribution is 5.74. The van der Waals surface area contributed by atoms with E-state index in [1.54, 1.807) is 25.3 Å². The lowest BCUT2D eigenvalue weighted by Gasteiger charge is -2.25. The number of hydrogen-bond donors (Lipinski definition) is 8. The zero-order valence-corrected chi connectivity index (χ0v) is 67.2. The van der Waals surface area contributed by atoms with E-state index in [-0.39, 0.29) is 46.1 Å². The number of ether oxygens (including phenoxy) is 2. The molecule has 0 amide bonds. The van der Waals surface area contributed by atoms with E-state index in [1.165, 1.54) is 51.1 Å². The molecule has 8 aromatic carbocycles. The molecule has 16 rings (SSSR count). The van der Waals surface area contributed by atoms with E-state index in [0.29, 0.717) is 96.1 Å². The summed E-state index contributed by atoms with van der Waals surface area (Å²) in [5.74, 6) is 0.724. The predicted octanol–water partition coefficient (Wildman–Crippen LogP) is 17.7. The monoisotopic (exact) mass is 1610 g/mol. The molecule has 12 aromatic rings. The van der Waals surface area contributed by atoms with Crippen molar-refractivity contribution in [3.05, 3.63) is 426 Å². The number of alkyl halides is 3. The first-order chi connectivity index (χ1) is 58.0. The Morgan fingerprint density at radius 3 is 1.02 bits per heavy atom. The molecule has 0 aliphatic heterocycles. The van der Waals surface area contributed by atoms with Gasteiger partial charge in [0.2, 0.25) is 0 Å². The minimum absolute atomic E-state index is 0.0441. The van der Waals surface area contributed by atoms with Gasteiger partial charge in [-0.15, -0.1) is 13.2 Å². The Labute approximate surface area is 690 Å². The number of halogens is 3. The first-order valence-electron chi connectivity index (χ1n) is 40.4. The van der Waals surface area contributed by atoms with Crippen LogP contribution in [0.1, 0.15) is 213 Å². The Hall–Kier alpha value is -13.7. The first-order valence-corrected chi connectivity index (χ1v) is 40.4. The van der Waals surface area contributed by atoms with E-state index < -0.39 is 34.7 Å². The second-order valence-electron chi connectivity index (χ2n) is 30.8. The Morgan fingerprint density at radius 2 is 0.675 bits per heavy atom. The second kappa shape index (κ2) is 39.1. The molecule has 4 atom stereocenters. The normalized spacial score (nSPS) is 16.3. The lowest BCUT2D eigenvalue weighted by molar-refractivity contribution is -0.274. The molecule has 0 saturated carbocycles. The highest BCUT2D eigenvalue weighted by atomic mass is 19.4. The summed E-state index contributed by atoms with van der Waals surface area (Å²) in [5, 5.41) is 9.24. The minimum atomic E-state index is -4.77. The number of aromatic nitrogens is 8. The van der Waals surface area contributed by atoms with Crippen LogP contribution in [0.3, 0.4) is 0 Å². The molecule has 0 radical (unpaired) electrons. The van der Waals surface area contributed by atoms with Crippen molar-refractivity contribution in [1.82, 2.24) is 39.9 Å². The van der Waals surface area contributed by atoms with Gasteiger partial charge < -0.3 is 29.4 Å². The molecule has 22 heteroatoms. The maximum absolute atomic E-state index is 12.8. The summed E-state index contributed by atoms with van der Waals surface area (Å²) in [5.41, 5.74) is 19.2. The highest BCUT2D eigenvalue weighted by Crippen LogP contribution is 2.44. The van der Waals surface area contributed by atoms with Crippen molar-refractivity contribution in [2.75, 3.05) is 7.11 Å². The van der Waals surface area contributed by atoms with Crippen LogP contribution in [0.25, 0.3) is 22.3 Å². The van der Waals surface area contributed by atoms with E-state index in [4.69, 9.17) is 4.74 Å². The van der Waals surface area contributed by atoms with E-state index in [0.717, 1.165) is 107 Å². The average molecular weight is 1610 g/mol. The van der Waals surface area contributed by atoms with Gasteiger partial charge in [0.05, 0.1) is 18.7 Å². The molecule has 0 bridgehead atoms. The summed E-state index contributed by atoms with van der Waals surface area (Å²) < 4.78 is 48.0. The van der Waals surface area contributed by atoms with Crippen molar-refractivity contribution in [1.29, 1.82) is 5.26 Å². The summed E-state index contributed by atoms with van der Waals surface area (Å²) in [6.45, 7) is 6.44. The van der Waals surface area contributed by atoms with Crippen LogP contribution in [0.2, 0.25) is 0 Å². The molecule has 612 valence electrons. The van der Waals surface area contributed by atoms with Crippen LogP contribution >= 0.6 is 0 Å². The predicted molar refractivity (Wildman–Crippen MR) is 464 cm³/mol. The molecule has 0 fully saturated rings. The molecule has 4 aliphatic carbocycles. The Balaban J connectivity index is 0.000000138. The Bertz CT molecular complexity index is 6360. The van der Waals surface area contributed by atoms with E-state index >= 15 is 0 Å². The van der Waals surface area contributed by atoms with E-state index in [2.05, 4.69) is 132 Å². The van der Waals surface area contributed by atoms with Crippen molar-refractivity contribution < 1.29 is 22.6 Å². The van der Waals surface area contributed by atoms with Crippen LogP contribution < -0.4 is 54.5 Å². The number of aromatic amines is 8. The van der Waals surface area contributed by atoms with Gasteiger partial charge in [-0.1, -0.05) is 206 Å². The lowest BCUT2D eigenvalue weighted by atomic mass is 9.81. The fraction of sp³-hybridized carbons (Fsp3) is 0.255. The number of H-pyrrole nitrogens is 8. The number of aryl methyl sites for hydroxylation is 2. The number of allylic oxidation sites excluding steroid dienone is 8. The summed E-state index contributed by atoms with van der Waals surface area (Å²) in [7, 11) is 1.62. The van der Waals surface area contributed by atoms with Gasteiger partial charge in [0.25, 0.3) is 22.2 Å². The molecular formula is C98H94F3N9O10. The number of nitriles is 1. The van der Waals surface area contributed by atoms with Gasteiger partial charge in [0.15, 0.2) is 0 Å². The highest BCUT2D eigenvalue weighted by Gasteiger charge is 2.34. The third kappa shape index (κ3) is 21.4. The lowest BCUT2D eigenvalue weighted by Crippen LogP contribution is -2.30. The fourth-order valence-corrected chi connectivity index (χ4v) is 16.8. The van der Waals surface area contributed by atoms with Gasteiger partial charge in [-0.05, 0) is 194 Å². The number of benzene rings is 8. The molecule has 4 unspecified atom stereocenters. The third-order valence-corrected chi connectivity index (χ3v) is 23.0. The van der Waals surface area contributed by atoms with Crippen molar-refractivity contribution >= 4 is 22.3 Å². The van der Waals surface area contributed by atoms with Gasteiger partial charge in [0.1, 0.15) is 11.5 Å². The fourth-order valence-electron chi connectivity index (χ4n) is 16.8. The number of nitrogens with one attached hydrogen (secondary N) is 8. The van der Waals surface area contributed by atoms with E-state index in [9.17, 15) is 56.8 Å². The quantitative estimate of drug-likeness (QED) is 0.0399. The zero-order chi connectivity index (χ0) is 84.4. The summed E-state index contributed by atoms with van der Waals surface area (Å²) >= 11 is 0.